The second-order valence-corrected chi connectivity index (χ2v) is 2.41. The van der Waals surface area contributed by atoms with Crippen molar-refractivity contribution < 1.29 is 18.3 Å². The van der Waals surface area contributed by atoms with E-state index in [4.69, 9.17) is 5.11 Å². The molecule has 0 heterocycles. The van der Waals surface area contributed by atoms with Crippen molar-refractivity contribution in [1.82, 2.24) is 0 Å². The van der Waals surface area contributed by atoms with E-state index >= 15 is 0 Å². The Morgan fingerprint density at radius 3 is 2.08 bits per heavy atom. The Morgan fingerprint density at radius 1 is 1.15 bits per heavy atom. The van der Waals surface area contributed by atoms with Crippen molar-refractivity contribution in [3.05, 3.63) is 29.8 Å². The molecule has 0 aliphatic carbocycles. The Labute approximate surface area is 73.0 Å². The summed E-state index contributed by atoms with van der Waals surface area (Å²) in [6.07, 6.45) is -4.31. The number of rotatable bonds is 2. The highest BCUT2D eigenvalue weighted by Crippen LogP contribution is 2.29. The smallest absolute Gasteiger partial charge is 0.377 e. The lowest BCUT2D eigenvalue weighted by molar-refractivity contribution is -0.137. The van der Waals surface area contributed by atoms with Gasteiger partial charge in [0.1, 0.15) is 6.73 Å². The quantitative estimate of drug-likeness (QED) is 0.701. The highest BCUT2D eigenvalue weighted by atomic mass is 19.4. The first-order chi connectivity index (χ1) is 6.04. The molecule has 5 heteroatoms. The summed E-state index contributed by atoms with van der Waals surface area (Å²) in [6.45, 7) is -0.300. The number of aliphatic hydroxyl groups is 1. The fraction of sp³-hybridized carbons (Fsp3) is 0.250. The maximum atomic E-state index is 12.0. The van der Waals surface area contributed by atoms with Crippen molar-refractivity contribution in [3.8, 4) is 0 Å². The molecule has 0 fully saturated rings. The van der Waals surface area contributed by atoms with Gasteiger partial charge in [0.15, 0.2) is 0 Å². The third kappa shape index (κ3) is 2.62. The van der Waals surface area contributed by atoms with Gasteiger partial charge in [0.25, 0.3) is 0 Å². The number of hydrogen-bond donors (Lipinski definition) is 2. The third-order valence-electron chi connectivity index (χ3n) is 1.50. The van der Waals surface area contributed by atoms with Crippen molar-refractivity contribution in [2.75, 3.05) is 12.0 Å². The molecule has 0 unspecified atom stereocenters. The Bertz CT molecular complexity index is 268. The Morgan fingerprint density at radius 2 is 1.69 bits per heavy atom. The van der Waals surface area contributed by atoms with E-state index in [0.29, 0.717) is 5.69 Å². The Kier molecular flexibility index (Phi) is 2.77. The minimum Gasteiger partial charge on any atom is -0.377 e. The van der Waals surface area contributed by atoms with Gasteiger partial charge in [-0.25, -0.2) is 0 Å². The molecule has 0 bridgehead atoms. The predicted molar refractivity (Wildman–Crippen MR) is 42.2 cm³/mol. The maximum Gasteiger partial charge on any atom is 0.416 e. The van der Waals surface area contributed by atoms with Gasteiger partial charge in [-0.15, -0.1) is 0 Å². The molecule has 1 rings (SSSR count). The molecule has 0 aliphatic rings. The summed E-state index contributed by atoms with van der Waals surface area (Å²) in [6, 6.07) is 4.44. The number of nitrogens with one attached hydrogen (secondary N) is 1. The van der Waals surface area contributed by atoms with Crippen LogP contribution in [0.1, 0.15) is 5.56 Å². The van der Waals surface area contributed by atoms with Crippen LogP contribution < -0.4 is 5.32 Å². The minimum absolute atomic E-state index is 0.300. The first kappa shape index (κ1) is 9.85. The zero-order valence-electron chi connectivity index (χ0n) is 6.60. The summed E-state index contributed by atoms with van der Waals surface area (Å²) in [5.41, 5.74) is -0.244. The summed E-state index contributed by atoms with van der Waals surface area (Å²) >= 11 is 0. The van der Waals surface area contributed by atoms with Crippen LogP contribution >= 0.6 is 0 Å². The molecular formula is C8H8F3NO. The zero-order chi connectivity index (χ0) is 9.90. The van der Waals surface area contributed by atoms with Gasteiger partial charge in [-0.3, -0.25) is 0 Å². The van der Waals surface area contributed by atoms with Crippen LogP contribution in [0, 0.1) is 0 Å². The van der Waals surface area contributed by atoms with Crippen molar-refractivity contribution in [3.63, 3.8) is 0 Å². The molecule has 2 nitrogen and oxygen atoms in total. The van der Waals surface area contributed by atoms with Gasteiger partial charge in [0.2, 0.25) is 0 Å². The highest BCUT2D eigenvalue weighted by Gasteiger charge is 2.29. The van der Waals surface area contributed by atoms with Crippen LogP contribution in [0.5, 0.6) is 0 Å². The lowest BCUT2D eigenvalue weighted by Gasteiger charge is -2.07. The van der Waals surface area contributed by atoms with Crippen LogP contribution in [0.15, 0.2) is 24.3 Å². The molecule has 1 aromatic carbocycles. The average molecular weight is 191 g/mol. The molecule has 0 aliphatic heterocycles. The summed E-state index contributed by atoms with van der Waals surface area (Å²) in [5, 5.41) is 10.9. The van der Waals surface area contributed by atoms with Crippen LogP contribution in [0.25, 0.3) is 0 Å². The van der Waals surface area contributed by atoms with E-state index < -0.39 is 11.7 Å². The summed E-state index contributed by atoms with van der Waals surface area (Å²) < 4.78 is 36.1. The average Bonchev–Trinajstić information content (AvgIpc) is 2.04. The summed E-state index contributed by atoms with van der Waals surface area (Å²) in [4.78, 5) is 0. The number of hydrogen-bond acceptors (Lipinski definition) is 2. The fourth-order valence-corrected chi connectivity index (χ4v) is 0.868. The topological polar surface area (TPSA) is 32.3 Å². The van der Waals surface area contributed by atoms with Gasteiger partial charge in [0.05, 0.1) is 5.56 Å². The van der Waals surface area contributed by atoms with E-state index in [2.05, 4.69) is 5.32 Å². The summed E-state index contributed by atoms with van der Waals surface area (Å²) in [5.74, 6) is 0. The highest BCUT2D eigenvalue weighted by molar-refractivity contribution is 5.44. The van der Waals surface area contributed by atoms with Crippen LogP contribution in [0.2, 0.25) is 0 Å². The first-order valence-electron chi connectivity index (χ1n) is 3.56. The van der Waals surface area contributed by atoms with E-state index in [9.17, 15) is 13.2 Å². The number of halogens is 3. The van der Waals surface area contributed by atoms with Crippen LogP contribution in [-0.4, -0.2) is 11.8 Å². The lowest BCUT2D eigenvalue weighted by atomic mass is 10.2. The van der Waals surface area contributed by atoms with Crippen LogP contribution in [0.4, 0.5) is 18.9 Å². The molecule has 0 saturated carbocycles. The van der Waals surface area contributed by atoms with Crippen molar-refractivity contribution >= 4 is 5.69 Å². The Hall–Kier alpha value is -1.23. The summed E-state index contributed by atoms with van der Waals surface area (Å²) in [7, 11) is 0. The van der Waals surface area contributed by atoms with E-state index in [1.807, 2.05) is 0 Å². The predicted octanol–water partition coefficient (Wildman–Crippen LogP) is 2.07. The van der Waals surface area contributed by atoms with Gasteiger partial charge in [-0.2, -0.15) is 13.2 Å². The van der Waals surface area contributed by atoms with Gasteiger partial charge in [-0.1, -0.05) is 0 Å². The molecule has 0 spiro atoms. The van der Waals surface area contributed by atoms with Crippen molar-refractivity contribution in [2.24, 2.45) is 0 Å². The largest absolute Gasteiger partial charge is 0.416 e. The molecule has 0 saturated heterocycles. The zero-order valence-corrected chi connectivity index (χ0v) is 6.60. The van der Waals surface area contributed by atoms with Crippen molar-refractivity contribution in [2.45, 2.75) is 6.18 Å². The minimum atomic E-state index is -4.31. The molecule has 2 N–H and O–H groups in total. The molecule has 0 atom stereocenters. The van der Waals surface area contributed by atoms with E-state index in [1.165, 1.54) is 12.1 Å². The van der Waals surface area contributed by atoms with Gasteiger partial charge >= 0.3 is 6.18 Å². The molecule has 13 heavy (non-hydrogen) atoms. The second kappa shape index (κ2) is 3.66. The maximum absolute atomic E-state index is 12.0. The number of alkyl halides is 3. The SMILES string of the molecule is OCNc1ccc(C(F)(F)F)cc1. The van der Waals surface area contributed by atoms with Gasteiger partial charge in [0, 0.05) is 5.69 Å². The first-order valence-corrected chi connectivity index (χ1v) is 3.56. The van der Waals surface area contributed by atoms with Gasteiger partial charge < -0.3 is 10.4 Å². The second-order valence-electron chi connectivity index (χ2n) is 2.41. The van der Waals surface area contributed by atoms with E-state index in [-0.39, 0.29) is 6.73 Å². The van der Waals surface area contributed by atoms with E-state index in [1.54, 1.807) is 0 Å². The molecule has 0 radical (unpaired) electrons. The number of aliphatic hydroxyl groups excluding tert-OH is 1. The van der Waals surface area contributed by atoms with Gasteiger partial charge in [-0.05, 0) is 24.3 Å². The monoisotopic (exact) mass is 191 g/mol. The molecule has 1 aromatic rings. The molecule has 0 aromatic heterocycles. The number of benzene rings is 1. The van der Waals surface area contributed by atoms with Crippen LogP contribution in [-0.2, 0) is 6.18 Å². The standard InChI is InChI=1S/C8H8F3NO/c9-8(10,11)6-1-3-7(4-2-6)12-5-13/h1-4,12-13H,5H2. The lowest BCUT2D eigenvalue weighted by Crippen LogP contribution is -2.05. The van der Waals surface area contributed by atoms with E-state index in [0.717, 1.165) is 12.1 Å². The normalized spacial score (nSPS) is 11.4. The number of anilines is 1. The third-order valence-corrected chi connectivity index (χ3v) is 1.50. The molecular weight excluding hydrogens is 183 g/mol. The molecule has 0 amide bonds. The van der Waals surface area contributed by atoms with Crippen LogP contribution in [0.3, 0.4) is 0 Å². The molecule has 72 valence electrons. The van der Waals surface area contributed by atoms with Crippen molar-refractivity contribution in [1.29, 1.82) is 0 Å². The fourth-order valence-electron chi connectivity index (χ4n) is 0.868. The Balaban J connectivity index is 2.81.